The fourth-order valence-corrected chi connectivity index (χ4v) is 3.98. The van der Waals surface area contributed by atoms with Crippen LogP contribution in [0.2, 0.25) is 5.02 Å². The average molecular weight is 289 g/mol. The van der Waals surface area contributed by atoms with E-state index in [2.05, 4.69) is 5.32 Å². The lowest BCUT2D eigenvalue weighted by molar-refractivity contribution is 0.310. The molecule has 1 N–H and O–H groups in total. The van der Waals surface area contributed by atoms with Crippen molar-refractivity contribution in [2.75, 3.05) is 19.6 Å². The van der Waals surface area contributed by atoms with Crippen LogP contribution in [0.1, 0.15) is 12.5 Å². The van der Waals surface area contributed by atoms with Gasteiger partial charge in [0.05, 0.1) is 5.75 Å². The predicted molar refractivity (Wildman–Crippen MR) is 73.1 cm³/mol. The lowest BCUT2D eigenvalue weighted by Gasteiger charge is -2.31. The van der Waals surface area contributed by atoms with Crippen molar-refractivity contribution in [3.05, 3.63) is 34.9 Å². The average Bonchev–Trinajstić information content (AvgIpc) is 2.32. The van der Waals surface area contributed by atoms with E-state index in [0.717, 1.165) is 0 Å². The number of rotatable bonds is 3. The van der Waals surface area contributed by atoms with Crippen LogP contribution in [0.15, 0.2) is 24.3 Å². The van der Waals surface area contributed by atoms with Gasteiger partial charge >= 0.3 is 0 Å². The van der Waals surface area contributed by atoms with E-state index in [1.165, 1.54) is 4.31 Å². The van der Waals surface area contributed by atoms with Gasteiger partial charge in [-0.05, 0) is 18.6 Å². The molecule has 18 heavy (non-hydrogen) atoms. The van der Waals surface area contributed by atoms with Gasteiger partial charge in [0.1, 0.15) is 0 Å². The summed E-state index contributed by atoms with van der Waals surface area (Å²) in [4.78, 5) is 0. The Morgan fingerprint density at radius 2 is 2.17 bits per heavy atom. The Balaban J connectivity index is 2.14. The standard InChI is InChI=1S/C12H17ClN2O2S/c1-10-8-15(7-6-14-10)18(16,17)9-11-4-2-3-5-12(11)13/h2-5,10,14H,6-9H2,1H3/t10-/m0/s1. The highest BCUT2D eigenvalue weighted by molar-refractivity contribution is 7.88. The van der Waals surface area contributed by atoms with Gasteiger partial charge in [-0.1, -0.05) is 29.8 Å². The minimum atomic E-state index is -3.28. The van der Waals surface area contributed by atoms with E-state index >= 15 is 0 Å². The summed E-state index contributed by atoms with van der Waals surface area (Å²) < 4.78 is 26.1. The maximum atomic E-state index is 12.3. The SMILES string of the molecule is C[C@H]1CN(S(=O)(=O)Cc2ccccc2Cl)CCN1. The van der Waals surface area contributed by atoms with Crippen molar-refractivity contribution in [3.8, 4) is 0 Å². The van der Waals surface area contributed by atoms with E-state index in [4.69, 9.17) is 11.6 Å². The Labute approximate surface area is 113 Å². The number of halogens is 1. The van der Waals surface area contributed by atoms with Gasteiger partial charge in [0, 0.05) is 30.7 Å². The van der Waals surface area contributed by atoms with Crippen LogP contribution < -0.4 is 5.32 Å². The lowest BCUT2D eigenvalue weighted by Crippen LogP contribution is -2.51. The minimum absolute atomic E-state index is 0.0284. The van der Waals surface area contributed by atoms with Crippen LogP contribution in [-0.2, 0) is 15.8 Å². The van der Waals surface area contributed by atoms with Crippen LogP contribution >= 0.6 is 11.6 Å². The van der Waals surface area contributed by atoms with Gasteiger partial charge in [-0.15, -0.1) is 0 Å². The van der Waals surface area contributed by atoms with Crippen LogP contribution in [0.3, 0.4) is 0 Å². The molecule has 100 valence electrons. The molecule has 1 atom stereocenters. The van der Waals surface area contributed by atoms with Gasteiger partial charge in [0.2, 0.25) is 10.0 Å². The molecule has 6 heteroatoms. The van der Waals surface area contributed by atoms with E-state index < -0.39 is 10.0 Å². The highest BCUT2D eigenvalue weighted by atomic mass is 35.5. The molecule has 0 radical (unpaired) electrons. The fraction of sp³-hybridized carbons (Fsp3) is 0.500. The first-order valence-electron chi connectivity index (χ1n) is 5.93. The molecular weight excluding hydrogens is 272 g/mol. The van der Waals surface area contributed by atoms with Crippen LogP contribution in [0.4, 0.5) is 0 Å². The second-order valence-electron chi connectivity index (χ2n) is 4.56. The lowest BCUT2D eigenvalue weighted by atomic mass is 10.2. The largest absolute Gasteiger partial charge is 0.312 e. The van der Waals surface area contributed by atoms with Gasteiger partial charge in [0.15, 0.2) is 0 Å². The topological polar surface area (TPSA) is 49.4 Å². The minimum Gasteiger partial charge on any atom is -0.312 e. The molecule has 0 amide bonds. The summed E-state index contributed by atoms with van der Waals surface area (Å²) in [6.45, 7) is 3.73. The van der Waals surface area contributed by atoms with Crippen molar-refractivity contribution >= 4 is 21.6 Å². The number of hydrogen-bond acceptors (Lipinski definition) is 3. The summed E-state index contributed by atoms with van der Waals surface area (Å²) in [5.74, 6) is -0.0284. The smallest absolute Gasteiger partial charge is 0.218 e. The quantitative estimate of drug-likeness (QED) is 0.916. The molecule has 0 unspecified atom stereocenters. The van der Waals surface area contributed by atoms with Crippen molar-refractivity contribution < 1.29 is 8.42 Å². The van der Waals surface area contributed by atoms with Crippen LogP contribution in [0.25, 0.3) is 0 Å². The van der Waals surface area contributed by atoms with Crippen molar-refractivity contribution in [2.24, 2.45) is 0 Å². The molecule has 0 saturated carbocycles. The summed E-state index contributed by atoms with van der Waals surface area (Å²) in [6, 6.07) is 7.26. The molecule has 1 aliphatic rings. The normalized spacial score (nSPS) is 22.0. The van der Waals surface area contributed by atoms with Crippen molar-refractivity contribution in [1.29, 1.82) is 0 Å². The fourth-order valence-electron chi connectivity index (χ4n) is 2.05. The number of hydrogen-bond donors (Lipinski definition) is 1. The molecule has 2 rings (SSSR count). The van der Waals surface area contributed by atoms with Crippen molar-refractivity contribution in [3.63, 3.8) is 0 Å². The molecule has 1 aromatic rings. The van der Waals surface area contributed by atoms with Gasteiger partial charge in [-0.25, -0.2) is 8.42 Å². The van der Waals surface area contributed by atoms with E-state index in [9.17, 15) is 8.42 Å². The molecule has 1 saturated heterocycles. The van der Waals surface area contributed by atoms with Crippen molar-refractivity contribution in [2.45, 2.75) is 18.7 Å². The number of piperazine rings is 1. The number of nitrogens with one attached hydrogen (secondary N) is 1. The Kier molecular flexibility index (Phi) is 4.27. The summed E-state index contributed by atoms with van der Waals surface area (Å²) in [6.07, 6.45) is 0. The van der Waals surface area contributed by atoms with Crippen LogP contribution in [-0.4, -0.2) is 38.4 Å². The molecule has 1 aliphatic heterocycles. The molecular formula is C12H17ClN2O2S. The van der Waals surface area contributed by atoms with E-state index in [0.29, 0.717) is 30.2 Å². The molecule has 1 heterocycles. The predicted octanol–water partition coefficient (Wildman–Crippen LogP) is 1.46. The molecule has 1 fully saturated rings. The highest BCUT2D eigenvalue weighted by Crippen LogP contribution is 2.20. The zero-order valence-electron chi connectivity index (χ0n) is 10.3. The summed E-state index contributed by atoms with van der Waals surface area (Å²) in [5.41, 5.74) is 0.658. The first-order valence-corrected chi connectivity index (χ1v) is 7.92. The molecule has 0 bridgehead atoms. The highest BCUT2D eigenvalue weighted by Gasteiger charge is 2.27. The number of sulfonamides is 1. The van der Waals surface area contributed by atoms with Crippen LogP contribution in [0.5, 0.6) is 0 Å². The van der Waals surface area contributed by atoms with Gasteiger partial charge in [-0.2, -0.15) is 4.31 Å². The second kappa shape index (κ2) is 5.57. The van der Waals surface area contributed by atoms with E-state index in [-0.39, 0.29) is 11.8 Å². The Morgan fingerprint density at radius 1 is 1.44 bits per heavy atom. The first-order chi connectivity index (χ1) is 8.49. The summed E-state index contributed by atoms with van der Waals surface area (Å²) >= 11 is 6.00. The third-order valence-electron chi connectivity index (χ3n) is 3.02. The zero-order valence-corrected chi connectivity index (χ0v) is 11.8. The van der Waals surface area contributed by atoms with Gasteiger partial charge in [0.25, 0.3) is 0 Å². The molecule has 0 aromatic heterocycles. The van der Waals surface area contributed by atoms with E-state index in [1.54, 1.807) is 24.3 Å². The zero-order chi connectivity index (χ0) is 13.2. The van der Waals surface area contributed by atoms with Gasteiger partial charge < -0.3 is 5.32 Å². The first kappa shape index (κ1) is 13.8. The number of nitrogens with zero attached hydrogens (tertiary/aromatic N) is 1. The third kappa shape index (κ3) is 3.23. The maximum Gasteiger partial charge on any atom is 0.218 e. The monoisotopic (exact) mass is 288 g/mol. The van der Waals surface area contributed by atoms with Crippen molar-refractivity contribution in [1.82, 2.24) is 9.62 Å². The third-order valence-corrected chi connectivity index (χ3v) is 5.18. The Hall–Kier alpha value is -0.620. The molecule has 1 aromatic carbocycles. The second-order valence-corrected chi connectivity index (χ2v) is 6.94. The molecule has 0 aliphatic carbocycles. The maximum absolute atomic E-state index is 12.3. The number of benzene rings is 1. The van der Waals surface area contributed by atoms with E-state index in [1.807, 2.05) is 6.92 Å². The molecule has 0 spiro atoms. The summed E-state index contributed by atoms with van der Waals surface area (Å²) in [7, 11) is -3.28. The Bertz CT molecular complexity index is 519. The van der Waals surface area contributed by atoms with Gasteiger partial charge in [-0.3, -0.25) is 0 Å². The summed E-state index contributed by atoms with van der Waals surface area (Å²) in [5, 5.41) is 3.73. The Morgan fingerprint density at radius 3 is 2.83 bits per heavy atom. The molecule has 4 nitrogen and oxygen atoms in total. The van der Waals surface area contributed by atoms with Crippen LogP contribution in [0, 0.1) is 0 Å².